The van der Waals surface area contributed by atoms with Crippen molar-refractivity contribution in [3.8, 4) is 0 Å². The summed E-state index contributed by atoms with van der Waals surface area (Å²) >= 11 is 0. The number of nitrogens with one attached hydrogen (secondary N) is 1. The van der Waals surface area contributed by atoms with Crippen LogP contribution in [0.3, 0.4) is 0 Å². The van der Waals surface area contributed by atoms with Gasteiger partial charge in [-0.15, -0.1) is 0 Å². The van der Waals surface area contributed by atoms with Crippen molar-refractivity contribution in [2.75, 3.05) is 0 Å². The smallest absolute Gasteiger partial charge is 0.272 e. The van der Waals surface area contributed by atoms with Crippen molar-refractivity contribution in [2.24, 2.45) is 0 Å². The van der Waals surface area contributed by atoms with Crippen LogP contribution in [0.5, 0.6) is 0 Å². The van der Waals surface area contributed by atoms with Gasteiger partial charge in [-0.3, -0.25) is 9.20 Å². The van der Waals surface area contributed by atoms with Gasteiger partial charge >= 0.3 is 0 Å². The standard InChI is InChI=1S/C15H14N4O/c1-11(12-6-3-2-4-7-12)17-14(20)13-10-19-9-5-8-16-15(19)18-13/h2-11H,1H3,(H,17,20)/t11-/m0/s1. The Balaban J connectivity index is 1.79. The Morgan fingerprint density at radius 3 is 2.80 bits per heavy atom. The fourth-order valence-corrected chi connectivity index (χ4v) is 2.03. The molecule has 3 rings (SSSR count). The molecule has 0 aliphatic rings. The van der Waals surface area contributed by atoms with Crippen LogP contribution >= 0.6 is 0 Å². The first kappa shape index (κ1) is 12.3. The lowest BCUT2D eigenvalue weighted by Gasteiger charge is -2.12. The summed E-state index contributed by atoms with van der Waals surface area (Å²) in [5.74, 6) is 0.317. The van der Waals surface area contributed by atoms with E-state index in [9.17, 15) is 4.79 Å². The van der Waals surface area contributed by atoms with Crippen LogP contribution in [-0.2, 0) is 0 Å². The zero-order valence-corrected chi connectivity index (χ0v) is 11.0. The van der Waals surface area contributed by atoms with Crippen LogP contribution in [0.25, 0.3) is 5.78 Å². The SMILES string of the molecule is C[C@H](NC(=O)c1cn2cccnc2n1)c1ccccc1. The van der Waals surface area contributed by atoms with Crippen LogP contribution in [-0.4, -0.2) is 20.3 Å². The number of imidazole rings is 1. The number of fused-ring (bicyclic) bond motifs is 1. The summed E-state index contributed by atoms with van der Waals surface area (Å²) in [6, 6.07) is 11.5. The summed E-state index contributed by atoms with van der Waals surface area (Å²) < 4.78 is 1.72. The zero-order valence-electron chi connectivity index (χ0n) is 11.0. The molecule has 1 atom stereocenters. The average Bonchev–Trinajstić information content (AvgIpc) is 2.92. The van der Waals surface area contributed by atoms with Gasteiger partial charge in [0.15, 0.2) is 0 Å². The van der Waals surface area contributed by atoms with Crippen molar-refractivity contribution in [3.05, 3.63) is 66.2 Å². The van der Waals surface area contributed by atoms with Gasteiger partial charge in [0.25, 0.3) is 5.91 Å². The van der Waals surface area contributed by atoms with E-state index in [0.29, 0.717) is 11.5 Å². The van der Waals surface area contributed by atoms with Crippen molar-refractivity contribution in [1.29, 1.82) is 0 Å². The van der Waals surface area contributed by atoms with E-state index in [4.69, 9.17) is 0 Å². The predicted octanol–water partition coefficient (Wildman–Crippen LogP) is 2.22. The highest BCUT2D eigenvalue weighted by molar-refractivity contribution is 5.92. The molecule has 20 heavy (non-hydrogen) atoms. The van der Waals surface area contributed by atoms with Gasteiger partial charge in [0.05, 0.1) is 6.04 Å². The van der Waals surface area contributed by atoms with Crippen LogP contribution in [0.1, 0.15) is 29.0 Å². The van der Waals surface area contributed by atoms with Crippen LogP contribution in [0.15, 0.2) is 55.0 Å². The number of hydrogen-bond acceptors (Lipinski definition) is 3. The van der Waals surface area contributed by atoms with E-state index in [-0.39, 0.29) is 11.9 Å². The molecule has 1 aromatic carbocycles. The number of benzene rings is 1. The summed E-state index contributed by atoms with van der Waals surface area (Å²) in [6.07, 6.45) is 5.14. The van der Waals surface area contributed by atoms with Crippen molar-refractivity contribution < 1.29 is 4.79 Å². The second-order valence-electron chi connectivity index (χ2n) is 4.56. The Bertz CT molecular complexity index is 703. The molecule has 5 heteroatoms. The van der Waals surface area contributed by atoms with Gasteiger partial charge in [0.1, 0.15) is 5.69 Å². The predicted molar refractivity (Wildman–Crippen MR) is 75.3 cm³/mol. The second-order valence-corrected chi connectivity index (χ2v) is 4.56. The minimum atomic E-state index is -0.202. The maximum atomic E-state index is 12.2. The molecule has 0 aliphatic heterocycles. The van der Waals surface area contributed by atoms with E-state index in [1.807, 2.05) is 43.5 Å². The molecule has 2 aromatic heterocycles. The molecule has 5 nitrogen and oxygen atoms in total. The van der Waals surface area contributed by atoms with E-state index >= 15 is 0 Å². The quantitative estimate of drug-likeness (QED) is 0.790. The Hall–Kier alpha value is -2.69. The van der Waals surface area contributed by atoms with E-state index < -0.39 is 0 Å². The van der Waals surface area contributed by atoms with Crippen molar-refractivity contribution in [2.45, 2.75) is 13.0 Å². The van der Waals surface area contributed by atoms with Gasteiger partial charge < -0.3 is 5.32 Å². The van der Waals surface area contributed by atoms with Gasteiger partial charge in [0.2, 0.25) is 5.78 Å². The normalized spacial score (nSPS) is 12.2. The molecule has 0 saturated heterocycles. The van der Waals surface area contributed by atoms with E-state index in [1.54, 1.807) is 22.9 Å². The monoisotopic (exact) mass is 266 g/mol. The number of hydrogen-bond donors (Lipinski definition) is 1. The summed E-state index contributed by atoms with van der Waals surface area (Å²) in [5, 5.41) is 2.93. The first-order valence-electron chi connectivity index (χ1n) is 6.39. The number of nitrogens with zero attached hydrogens (tertiary/aromatic N) is 3. The Morgan fingerprint density at radius 1 is 1.25 bits per heavy atom. The minimum absolute atomic E-state index is 0.0681. The first-order chi connectivity index (χ1) is 9.74. The lowest BCUT2D eigenvalue weighted by atomic mass is 10.1. The number of carbonyl (C=O) groups excluding carboxylic acids is 1. The molecule has 0 saturated carbocycles. The van der Waals surface area contributed by atoms with Crippen molar-refractivity contribution in [1.82, 2.24) is 19.7 Å². The largest absolute Gasteiger partial charge is 0.344 e. The van der Waals surface area contributed by atoms with Crippen LogP contribution in [0, 0.1) is 0 Å². The molecule has 0 spiro atoms. The summed E-state index contributed by atoms with van der Waals surface area (Å²) in [7, 11) is 0. The highest BCUT2D eigenvalue weighted by Crippen LogP contribution is 2.12. The molecule has 2 heterocycles. The molecule has 100 valence electrons. The molecule has 0 unspecified atom stereocenters. The highest BCUT2D eigenvalue weighted by Gasteiger charge is 2.14. The fourth-order valence-electron chi connectivity index (χ4n) is 2.03. The van der Waals surface area contributed by atoms with Crippen LogP contribution in [0.2, 0.25) is 0 Å². The summed E-state index contributed by atoms with van der Waals surface area (Å²) in [5.41, 5.74) is 1.43. The van der Waals surface area contributed by atoms with Gasteiger partial charge in [0, 0.05) is 18.6 Å². The molecular formula is C15H14N4O. The molecule has 0 radical (unpaired) electrons. The van der Waals surface area contributed by atoms with Crippen LogP contribution in [0.4, 0.5) is 0 Å². The third-order valence-corrected chi connectivity index (χ3v) is 3.12. The van der Waals surface area contributed by atoms with Gasteiger partial charge in [-0.2, -0.15) is 0 Å². The van der Waals surface area contributed by atoms with Crippen molar-refractivity contribution >= 4 is 11.7 Å². The molecule has 1 N–H and O–H groups in total. The average molecular weight is 266 g/mol. The highest BCUT2D eigenvalue weighted by atomic mass is 16.2. The third kappa shape index (κ3) is 2.38. The lowest BCUT2D eigenvalue weighted by molar-refractivity contribution is 0.0935. The Kier molecular flexibility index (Phi) is 3.16. The van der Waals surface area contributed by atoms with E-state index in [0.717, 1.165) is 5.56 Å². The number of amides is 1. The van der Waals surface area contributed by atoms with Gasteiger partial charge in [-0.1, -0.05) is 30.3 Å². The number of rotatable bonds is 3. The Labute approximate surface area is 116 Å². The van der Waals surface area contributed by atoms with Gasteiger partial charge in [-0.25, -0.2) is 9.97 Å². The molecular weight excluding hydrogens is 252 g/mol. The molecule has 1 amide bonds. The first-order valence-corrected chi connectivity index (χ1v) is 6.39. The van der Waals surface area contributed by atoms with Crippen molar-refractivity contribution in [3.63, 3.8) is 0 Å². The zero-order chi connectivity index (χ0) is 13.9. The minimum Gasteiger partial charge on any atom is -0.344 e. The molecule has 0 bridgehead atoms. The van der Waals surface area contributed by atoms with E-state index in [1.165, 1.54) is 0 Å². The third-order valence-electron chi connectivity index (χ3n) is 3.12. The fraction of sp³-hybridized carbons (Fsp3) is 0.133. The van der Waals surface area contributed by atoms with Crippen LogP contribution < -0.4 is 5.32 Å². The second kappa shape index (κ2) is 5.13. The molecule has 0 aliphatic carbocycles. The Morgan fingerprint density at radius 2 is 2.05 bits per heavy atom. The summed E-state index contributed by atoms with van der Waals surface area (Å²) in [6.45, 7) is 1.95. The van der Waals surface area contributed by atoms with E-state index in [2.05, 4.69) is 15.3 Å². The number of carbonyl (C=O) groups is 1. The van der Waals surface area contributed by atoms with Gasteiger partial charge in [-0.05, 0) is 18.6 Å². The number of aromatic nitrogens is 3. The lowest BCUT2D eigenvalue weighted by Crippen LogP contribution is -2.26. The molecule has 3 aromatic rings. The summed E-state index contributed by atoms with van der Waals surface area (Å²) in [4.78, 5) is 20.5. The maximum Gasteiger partial charge on any atom is 0.272 e. The maximum absolute atomic E-state index is 12.2. The molecule has 0 fully saturated rings. The topological polar surface area (TPSA) is 59.3 Å².